The molecule has 2 rings (SSSR count). The fourth-order valence-electron chi connectivity index (χ4n) is 1.81. The average molecular weight is 246 g/mol. The molecule has 2 nitrogen and oxygen atoms in total. The van der Waals surface area contributed by atoms with E-state index >= 15 is 0 Å². The Bertz CT molecular complexity index is 521. The monoisotopic (exact) mass is 246 g/mol. The number of methoxy groups -OCH3 is 2. The van der Waals surface area contributed by atoms with Gasteiger partial charge in [-0.05, 0) is 28.8 Å². The molecule has 18 heavy (non-hydrogen) atoms. The molecule has 0 spiro atoms. The fourth-order valence-corrected chi connectivity index (χ4v) is 1.81. The lowest BCUT2D eigenvalue weighted by atomic mass is 10.0. The highest BCUT2D eigenvalue weighted by Crippen LogP contribution is 2.25. The summed E-state index contributed by atoms with van der Waals surface area (Å²) in [6.07, 6.45) is 0. The Morgan fingerprint density at radius 2 is 1.61 bits per heavy atom. The summed E-state index contributed by atoms with van der Waals surface area (Å²) in [5.74, 6) is -0.0919. The number of benzene rings is 2. The summed E-state index contributed by atoms with van der Waals surface area (Å²) < 4.78 is 23.5. The molecule has 0 aliphatic carbocycles. The Morgan fingerprint density at radius 1 is 0.944 bits per heavy atom. The van der Waals surface area contributed by atoms with Gasteiger partial charge in [-0.3, -0.25) is 0 Å². The van der Waals surface area contributed by atoms with Gasteiger partial charge < -0.3 is 9.47 Å². The van der Waals surface area contributed by atoms with Gasteiger partial charge in [0.25, 0.3) is 0 Å². The zero-order chi connectivity index (χ0) is 13.0. The van der Waals surface area contributed by atoms with Gasteiger partial charge in [0.1, 0.15) is 0 Å². The Balaban J connectivity index is 2.28. The van der Waals surface area contributed by atoms with Crippen molar-refractivity contribution in [2.24, 2.45) is 0 Å². The van der Waals surface area contributed by atoms with Gasteiger partial charge in [-0.1, -0.05) is 30.3 Å². The van der Waals surface area contributed by atoms with E-state index in [4.69, 9.17) is 9.47 Å². The molecular weight excluding hydrogens is 231 g/mol. The molecule has 0 atom stereocenters. The molecule has 0 aliphatic heterocycles. The molecule has 0 bridgehead atoms. The van der Waals surface area contributed by atoms with Crippen molar-refractivity contribution < 1.29 is 13.9 Å². The normalized spacial score (nSPS) is 10.4. The molecule has 0 amide bonds. The lowest BCUT2D eigenvalue weighted by Crippen LogP contribution is -1.89. The lowest BCUT2D eigenvalue weighted by molar-refractivity contribution is 0.185. The average Bonchev–Trinajstić information content (AvgIpc) is 2.40. The zero-order valence-electron chi connectivity index (χ0n) is 10.4. The third-order valence-electron chi connectivity index (χ3n) is 2.75. The molecule has 0 fully saturated rings. The van der Waals surface area contributed by atoms with E-state index in [1.165, 1.54) is 13.2 Å². The Labute approximate surface area is 106 Å². The quantitative estimate of drug-likeness (QED) is 0.819. The van der Waals surface area contributed by atoms with Gasteiger partial charge in [-0.25, -0.2) is 4.39 Å². The Kier molecular flexibility index (Phi) is 3.95. The Morgan fingerprint density at radius 3 is 2.17 bits per heavy atom. The summed E-state index contributed by atoms with van der Waals surface area (Å²) in [6.45, 7) is 0.581. The fraction of sp³-hybridized carbons (Fsp3) is 0.200. The third-order valence-corrected chi connectivity index (χ3v) is 2.75. The topological polar surface area (TPSA) is 18.5 Å². The van der Waals surface area contributed by atoms with Crippen LogP contribution >= 0.6 is 0 Å². The van der Waals surface area contributed by atoms with E-state index in [2.05, 4.69) is 0 Å². The first-order valence-electron chi connectivity index (χ1n) is 5.66. The van der Waals surface area contributed by atoms with Crippen molar-refractivity contribution in [3.63, 3.8) is 0 Å². The summed E-state index contributed by atoms with van der Waals surface area (Å²) in [6, 6.07) is 12.8. The molecule has 0 aromatic heterocycles. The number of ether oxygens (including phenoxy) is 2. The van der Waals surface area contributed by atoms with Crippen LogP contribution in [0.3, 0.4) is 0 Å². The molecule has 2 aromatic carbocycles. The van der Waals surface area contributed by atoms with Crippen molar-refractivity contribution in [2.75, 3.05) is 14.2 Å². The van der Waals surface area contributed by atoms with Gasteiger partial charge >= 0.3 is 0 Å². The lowest BCUT2D eigenvalue weighted by Gasteiger charge is -2.06. The van der Waals surface area contributed by atoms with Crippen molar-refractivity contribution in [3.05, 3.63) is 53.8 Å². The zero-order valence-corrected chi connectivity index (χ0v) is 10.4. The summed E-state index contributed by atoms with van der Waals surface area (Å²) in [7, 11) is 3.12. The van der Waals surface area contributed by atoms with Crippen LogP contribution < -0.4 is 4.74 Å². The largest absolute Gasteiger partial charge is 0.494 e. The first-order chi connectivity index (χ1) is 8.74. The second kappa shape index (κ2) is 5.65. The molecular formula is C15H15FO2. The van der Waals surface area contributed by atoms with Crippen molar-refractivity contribution in [3.8, 4) is 16.9 Å². The second-order valence-corrected chi connectivity index (χ2v) is 3.98. The molecule has 0 aliphatic rings. The number of rotatable bonds is 4. The minimum absolute atomic E-state index is 0.259. The van der Waals surface area contributed by atoms with Crippen molar-refractivity contribution in [1.29, 1.82) is 0 Å². The number of hydrogen-bond acceptors (Lipinski definition) is 2. The highest BCUT2D eigenvalue weighted by molar-refractivity contribution is 5.64. The van der Waals surface area contributed by atoms with Crippen LogP contribution in [-0.4, -0.2) is 14.2 Å². The van der Waals surface area contributed by atoms with Gasteiger partial charge in [0, 0.05) is 7.11 Å². The van der Waals surface area contributed by atoms with E-state index in [0.717, 1.165) is 16.7 Å². The first-order valence-corrected chi connectivity index (χ1v) is 5.66. The summed E-state index contributed by atoms with van der Waals surface area (Å²) >= 11 is 0. The van der Waals surface area contributed by atoms with Gasteiger partial charge in [-0.2, -0.15) is 0 Å². The smallest absolute Gasteiger partial charge is 0.165 e. The standard InChI is InChI=1S/C15H15FO2/c1-17-10-11-3-5-12(6-4-11)13-7-8-15(18-2)14(16)9-13/h3-9H,10H2,1-2H3. The summed E-state index contributed by atoms with van der Waals surface area (Å²) in [4.78, 5) is 0. The molecule has 0 unspecified atom stereocenters. The summed E-state index contributed by atoms with van der Waals surface area (Å²) in [5.41, 5.74) is 2.89. The van der Waals surface area contributed by atoms with Crippen LogP contribution in [0.1, 0.15) is 5.56 Å². The van der Waals surface area contributed by atoms with Crippen LogP contribution in [0.2, 0.25) is 0 Å². The van der Waals surface area contributed by atoms with Crippen LogP contribution in [0.15, 0.2) is 42.5 Å². The van der Waals surface area contributed by atoms with E-state index in [9.17, 15) is 4.39 Å². The van der Waals surface area contributed by atoms with E-state index in [-0.39, 0.29) is 11.6 Å². The second-order valence-electron chi connectivity index (χ2n) is 3.98. The highest BCUT2D eigenvalue weighted by Gasteiger charge is 2.05. The van der Waals surface area contributed by atoms with Crippen LogP contribution in [0.5, 0.6) is 5.75 Å². The van der Waals surface area contributed by atoms with Crippen LogP contribution in [0.25, 0.3) is 11.1 Å². The molecule has 0 radical (unpaired) electrons. The van der Waals surface area contributed by atoms with Crippen LogP contribution in [-0.2, 0) is 11.3 Å². The maximum Gasteiger partial charge on any atom is 0.165 e. The molecule has 0 saturated carbocycles. The molecule has 0 saturated heterocycles. The van der Waals surface area contributed by atoms with Crippen LogP contribution in [0.4, 0.5) is 4.39 Å². The highest BCUT2D eigenvalue weighted by atomic mass is 19.1. The number of halogens is 1. The maximum absolute atomic E-state index is 13.6. The predicted octanol–water partition coefficient (Wildman–Crippen LogP) is 3.65. The van der Waals surface area contributed by atoms with Gasteiger partial charge in [0.2, 0.25) is 0 Å². The van der Waals surface area contributed by atoms with Crippen molar-refractivity contribution >= 4 is 0 Å². The molecule has 0 heterocycles. The van der Waals surface area contributed by atoms with E-state index in [1.807, 2.05) is 30.3 Å². The SMILES string of the molecule is COCc1ccc(-c2ccc(OC)c(F)c2)cc1. The minimum Gasteiger partial charge on any atom is -0.494 e. The molecule has 2 aromatic rings. The number of hydrogen-bond donors (Lipinski definition) is 0. The molecule has 0 N–H and O–H groups in total. The maximum atomic E-state index is 13.6. The first kappa shape index (κ1) is 12.6. The van der Waals surface area contributed by atoms with Gasteiger partial charge in [-0.15, -0.1) is 0 Å². The van der Waals surface area contributed by atoms with Crippen molar-refractivity contribution in [1.82, 2.24) is 0 Å². The third kappa shape index (κ3) is 2.68. The van der Waals surface area contributed by atoms with E-state index in [1.54, 1.807) is 13.2 Å². The summed E-state index contributed by atoms with van der Waals surface area (Å²) in [5, 5.41) is 0. The van der Waals surface area contributed by atoms with Gasteiger partial charge in [0.05, 0.1) is 13.7 Å². The van der Waals surface area contributed by atoms with E-state index in [0.29, 0.717) is 6.61 Å². The Hall–Kier alpha value is -1.87. The van der Waals surface area contributed by atoms with Crippen LogP contribution in [0, 0.1) is 5.82 Å². The minimum atomic E-state index is -0.351. The van der Waals surface area contributed by atoms with Gasteiger partial charge in [0.15, 0.2) is 11.6 Å². The molecule has 3 heteroatoms. The van der Waals surface area contributed by atoms with Crippen molar-refractivity contribution in [2.45, 2.75) is 6.61 Å². The molecule has 94 valence electrons. The predicted molar refractivity (Wildman–Crippen MR) is 69.1 cm³/mol. The van der Waals surface area contributed by atoms with E-state index < -0.39 is 0 Å².